The Morgan fingerprint density at radius 1 is 1.27 bits per heavy atom. The predicted molar refractivity (Wildman–Crippen MR) is 42.5 cm³/mol. The van der Waals surface area contributed by atoms with E-state index in [-0.39, 0.29) is 0 Å². The van der Waals surface area contributed by atoms with Crippen molar-refractivity contribution in [2.24, 2.45) is 0 Å². The maximum absolute atomic E-state index is 5.51. The van der Waals surface area contributed by atoms with Crippen LogP contribution in [0.2, 0.25) is 0 Å². The van der Waals surface area contributed by atoms with Gasteiger partial charge in [0.05, 0.1) is 0 Å². The summed E-state index contributed by atoms with van der Waals surface area (Å²) in [4.78, 5) is 0. The third kappa shape index (κ3) is 3.32. The van der Waals surface area contributed by atoms with Gasteiger partial charge in [-0.05, 0) is 12.8 Å². The van der Waals surface area contributed by atoms with Crippen LogP contribution in [-0.4, -0.2) is 26.5 Å². The monoisotopic (exact) mass is 174 g/mol. The lowest BCUT2D eigenvalue weighted by Gasteiger charge is -1.92. The second-order valence-corrected chi connectivity index (χ2v) is 2.71. The summed E-state index contributed by atoms with van der Waals surface area (Å²) in [5.74, 6) is 1.53. The lowest BCUT2D eigenvalue weighted by molar-refractivity contribution is 0.697. The number of rotatable bonds is 5. The van der Waals surface area contributed by atoms with Crippen molar-refractivity contribution in [2.45, 2.75) is 25.7 Å². The number of aromatic nitrogens is 4. The third-order valence-corrected chi connectivity index (χ3v) is 1.69. The van der Waals surface area contributed by atoms with Crippen LogP contribution < -0.4 is 0 Å². The molecule has 1 aromatic rings. The molecular formula is C6H11ClN4. The molecule has 0 aromatic carbocycles. The number of unbranched alkanes of at least 4 members (excludes halogenated alkanes) is 2. The van der Waals surface area contributed by atoms with E-state index in [1.165, 1.54) is 0 Å². The molecule has 4 nitrogen and oxygen atoms in total. The molecule has 1 heterocycles. The number of aryl methyl sites for hydroxylation is 1. The summed E-state index contributed by atoms with van der Waals surface area (Å²) in [5, 5.41) is 13.5. The molecule has 62 valence electrons. The van der Waals surface area contributed by atoms with Gasteiger partial charge in [0, 0.05) is 12.3 Å². The first-order chi connectivity index (χ1) is 5.43. The molecule has 0 saturated carbocycles. The topological polar surface area (TPSA) is 54.5 Å². The fourth-order valence-corrected chi connectivity index (χ4v) is 1.03. The first kappa shape index (κ1) is 8.46. The van der Waals surface area contributed by atoms with Crippen LogP contribution in [-0.2, 0) is 6.42 Å². The molecule has 11 heavy (non-hydrogen) atoms. The molecule has 0 aliphatic rings. The summed E-state index contributed by atoms with van der Waals surface area (Å²) in [5.41, 5.74) is 0. The molecule has 0 radical (unpaired) electrons. The van der Waals surface area contributed by atoms with Gasteiger partial charge in [-0.1, -0.05) is 11.6 Å². The molecule has 0 unspecified atom stereocenters. The Morgan fingerprint density at radius 3 is 2.82 bits per heavy atom. The van der Waals surface area contributed by atoms with Crippen LogP contribution >= 0.6 is 11.6 Å². The molecule has 0 aliphatic carbocycles. The summed E-state index contributed by atoms with van der Waals surface area (Å²) in [6.07, 6.45) is 4.19. The zero-order valence-corrected chi connectivity index (χ0v) is 7.01. The predicted octanol–water partition coefficient (Wildman–Crippen LogP) is 1.15. The quantitative estimate of drug-likeness (QED) is 0.538. The minimum atomic E-state index is 0.742. The van der Waals surface area contributed by atoms with E-state index in [4.69, 9.17) is 11.6 Å². The standard InChI is InChI=1S/C6H11ClN4/c7-5-3-1-2-4-6-8-10-11-9-6/h1-5H2,(H,8,9,10,11). The van der Waals surface area contributed by atoms with Crippen molar-refractivity contribution in [3.8, 4) is 0 Å². The Labute approximate surface area is 70.3 Å². The average molecular weight is 175 g/mol. The highest BCUT2D eigenvalue weighted by Gasteiger charge is 1.96. The molecule has 0 bridgehead atoms. The smallest absolute Gasteiger partial charge is 0.174 e. The van der Waals surface area contributed by atoms with Crippen LogP contribution in [0.1, 0.15) is 25.1 Å². The van der Waals surface area contributed by atoms with Gasteiger partial charge in [-0.3, -0.25) is 0 Å². The number of nitrogens with one attached hydrogen (secondary N) is 1. The zero-order valence-electron chi connectivity index (χ0n) is 6.26. The molecular weight excluding hydrogens is 164 g/mol. The maximum atomic E-state index is 5.51. The van der Waals surface area contributed by atoms with Gasteiger partial charge >= 0.3 is 0 Å². The number of nitrogens with zero attached hydrogens (tertiary/aromatic N) is 3. The van der Waals surface area contributed by atoms with Crippen molar-refractivity contribution in [2.75, 3.05) is 5.88 Å². The molecule has 1 rings (SSSR count). The van der Waals surface area contributed by atoms with Gasteiger partial charge in [-0.2, -0.15) is 5.21 Å². The van der Waals surface area contributed by atoms with Crippen molar-refractivity contribution in [3.63, 3.8) is 0 Å². The number of tetrazole rings is 1. The van der Waals surface area contributed by atoms with E-state index in [9.17, 15) is 0 Å². The summed E-state index contributed by atoms with van der Waals surface area (Å²) in [6.45, 7) is 0. The number of H-pyrrole nitrogens is 1. The maximum Gasteiger partial charge on any atom is 0.174 e. The SMILES string of the molecule is ClCCCCCc1nn[nH]n1. The Kier molecular flexibility index (Phi) is 3.90. The van der Waals surface area contributed by atoms with Crippen LogP contribution in [0.3, 0.4) is 0 Å². The molecule has 1 N–H and O–H groups in total. The van der Waals surface area contributed by atoms with Crippen LogP contribution in [0, 0.1) is 0 Å². The van der Waals surface area contributed by atoms with Gasteiger partial charge in [0.1, 0.15) is 0 Å². The molecule has 0 fully saturated rings. The Morgan fingerprint density at radius 2 is 2.18 bits per heavy atom. The molecule has 0 saturated heterocycles. The summed E-state index contributed by atoms with van der Waals surface area (Å²) in [6, 6.07) is 0. The van der Waals surface area contributed by atoms with Crippen molar-refractivity contribution in [1.29, 1.82) is 0 Å². The third-order valence-electron chi connectivity index (χ3n) is 1.42. The van der Waals surface area contributed by atoms with Crippen LogP contribution in [0.25, 0.3) is 0 Å². The Hall–Kier alpha value is -0.640. The van der Waals surface area contributed by atoms with Gasteiger partial charge in [0.25, 0.3) is 0 Å². The van der Waals surface area contributed by atoms with E-state index >= 15 is 0 Å². The fraction of sp³-hybridized carbons (Fsp3) is 0.833. The minimum Gasteiger partial charge on any atom is -0.177 e. The van der Waals surface area contributed by atoms with Crippen molar-refractivity contribution in [1.82, 2.24) is 20.6 Å². The van der Waals surface area contributed by atoms with E-state index in [2.05, 4.69) is 20.6 Å². The molecule has 5 heteroatoms. The molecule has 0 atom stereocenters. The normalized spacial score (nSPS) is 10.3. The number of alkyl halides is 1. The summed E-state index contributed by atoms with van der Waals surface area (Å²) >= 11 is 5.51. The van der Waals surface area contributed by atoms with Crippen molar-refractivity contribution in [3.05, 3.63) is 5.82 Å². The second-order valence-electron chi connectivity index (χ2n) is 2.33. The highest BCUT2D eigenvalue weighted by molar-refractivity contribution is 6.17. The Balaban J connectivity index is 2.04. The van der Waals surface area contributed by atoms with E-state index in [1.54, 1.807) is 0 Å². The van der Waals surface area contributed by atoms with Crippen molar-refractivity contribution >= 4 is 11.6 Å². The van der Waals surface area contributed by atoms with Crippen molar-refractivity contribution < 1.29 is 0 Å². The first-order valence-corrected chi connectivity index (χ1v) is 4.25. The Bertz CT molecular complexity index is 175. The van der Waals surface area contributed by atoms with Gasteiger partial charge in [0.2, 0.25) is 0 Å². The number of hydrogen-bond acceptors (Lipinski definition) is 3. The largest absolute Gasteiger partial charge is 0.177 e. The number of aromatic amines is 1. The molecule has 0 amide bonds. The molecule has 0 spiro atoms. The van der Waals surface area contributed by atoms with Gasteiger partial charge in [0.15, 0.2) is 5.82 Å². The number of hydrogen-bond donors (Lipinski definition) is 1. The average Bonchev–Trinajstić information content (AvgIpc) is 2.50. The van der Waals surface area contributed by atoms with Gasteiger partial charge in [-0.25, -0.2) is 0 Å². The lowest BCUT2D eigenvalue weighted by atomic mass is 10.2. The summed E-state index contributed by atoms with van der Waals surface area (Å²) < 4.78 is 0. The lowest BCUT2D eigenvalue weighted by Crippen LogP contribution is -1.89. The van der Waals surface area contributed by atoms with E-state index in [0.29, 0.717) is 0 Å². The highest BCUT2D eigenvalue weighted by atomic mass is 35.5. The van der Waals surface area contributed by atoms with Crippen LogP contribution in [0.5, 0.6) is 0 Å². The molecule has 0 aliphatic heterocycles. The van der Waals surface area contributed by atoms with Gasteiger partial charge in [-0.15, -0.1) is 21.8 Å². The van der Waals surface area contributed by atoms with E-state index in [0.717, 1.165) is 37.4 Å². The van der Waals surface area contributed by atoms with Crippen LogP contribution in [0.15, 0.2) is 0 Å². The fourth-order valence-electron chi connectivity index (χ4n) is 0.843. The first-order valence-electron chi connectivity index (χ1n) is 3.72. The summed E-state index contributed by atoms with van der Waals surface area (Å²) in [7, 11) is 0. The van der Waals surface area contributed by atoms with E-state index in [1.807, 2.05) is 0 Å². The van der Waals surface area contributed by atoms with E-state index < -0.39 is 0 Å². The van der Waals surface area contributed by atoms with Gasteiger partial charge < -0.3 is 0 Å². The molecule has 1 aromatic heterocycles. The number of halogens is 1. The van der Waals surface area contributed by atoms with Crippen LogP contribution in [0.4, 0.5) is 0 Å². The second kappa shape index (κ2) is 5.07. The minimum absolute atomic E-state index is 0.742. The highest BCUT2D eigenvalue weighted by Crippen LogP contribution is 2.00. The zero-order chi connectivity index (χ0) is 7.94.